The summed E-state index contributed by atoms with van der Waals surface area (Å²) in [5.41, 5.74) is 0.262. The summed E-state index contributed by atoms with van der Waals surface area (Å²) < 4.78 is 49.9. The van der Waals surface area contributed by atoms with Crippen molar-refractivity contribution in [3.63, 3.8) is 0 Å². The fraction of sp³-hybridized carbons (Fsp3) is 0.760. The number of ether oxygens (including phenoxy) is 4. The van der Waals surface area contributed by atoms with Crippen molar-refractivity contribution in [3.8, 4) is 0 Å². The number of rotatable bonds is 12. The van der Waals surface area contributed by atoms with Gasteiger partial charge in [-0.2, -0.15) is 15.1 Å². The smallest absolute Gasteiger partial charge is 0.413 e. The van der Waals surface area contributed by atoms with Gasteiger partial charge in [-0.3, -0.25) is 9.46 Å². The van der Waals surface area contributed by atoms with Crippen LogP contribution < -0.4 is 4.90 Å². The summed E-state index contributed by atoms with van der Waals surface area (Å²) in [6, 6.07) is -0.232. The number of amides is 1. The molecule has 0 bridgehead atoms. The minimum Gasteiger partial charge on any atom is -0.465 e. The van der Waals surface area contributed by atoms with Gasteiger partial charge >= 0.3 is 13.7 Å². The monoisotopic (exact) mass is 633 g/mol. The highest BCUT2D eigenvalue weighted by Crippen LogP contribution is 2.53. The molecule has 1 saturated carbocycles. The van der Waals surface area contributed by atoms with E-state index >= 15 is 0 Å². The molecule has 0 spiro atoms. The second-order valence-electron chi connectivity index (χ2n) is 10.7. The van der Waals surface area contributed by atoms with Crippen LogP contribution in [-0.2, 0) is 32.6 Å². The molecule has 2 N–H and O–H groups in total. The Bertz CT molecular complexity index is 1310. The SMILES string of the molecule is CCOP(=O)(OCC)C(CO)OC[C@H]1O[C@@H](n2ncc3c(N(C(=O)O)C4CCCC4)nc(Cl)nc32)[C@@H]2OC(C)(C)O[C@@H]21. The molecule has 3 aliphatic rings. The molecule has 17 heteroatoms. The summed E-state index contributed by atoms with van der Waals surface area (Å²) in [4.78, 5) is 22.2. The first kappa shape index (κ1) is 31.5. The number of anilines is 1. The normalized spacial score (nSPS) is 26.6. The standard InChI is InChI=1S/C25H37ClN5O10P/c1-5-37-42(35,38-6-2)17(12-32)36-13-16-18-19(41-25(3,4)40-18)22(39-16)31-21-15(11-27-31)20(28-23(26)29-21)30(24(33)34)14-9-7-8-10-14/h11,14,16-19,22,32H,5-10,12-13H2,1-4H3,(H,33,34)/t16-,17?,18-,19-,22-/m1/s1. The summed E-state index contributed by atoms with van der Waals surface area (Å²) >= 11 is 6.32. The van der Waals surface area contributed by atoms with Crippen LogP contribution in [0.15, 0.2) is 6.20 Å². The summed E-state index contributed by atoms with van der Waals surface area (Å²) in [6.45, 7) is 6.33. The van der Waals surface area contributed by atoms with E-state index in [2.05, 4.69) is 15.1 Å². The molecule has 234 valence electrons. The molecule has 15 nitrogen and oxygen atoms in total. The van der Waals surface area contributed by atoms with Crippen molar-refractivity contribution in [2.45, 2.75) is 95.6 Å². The molecule has 42 heavy (non-hydrogen) atoms. The number of hydrogen-bond acceptors (Lipinski definition) is 12. The first-order valence-electron chi connectivity index (χ1n) is 14.1. The predicted octanol–water partition coefficient (Wildman–Crippen LogP) is 3.93. The molecule has 2 aliphatic heterocycles. The molecule has 0 aromatic carbocycles. The maximum atomic E-state index is 13.2. The second kappa shape index (κ2) is 12.6. The zero-order chi connectivity index (χ0) is 30.2. The zero-order valence-electron chi connectivity index (χ0n) is 23.9. The van der Waals surface area contributed by atoms with Gasteiger partial charge in [0, 0.05) is 6.04 Å². The van der Waals surface area contributed by atoms with Gasteiger partial charge in [0.2, 0.25) is 5.28 Å². The molecule has 5 atom stereocenters. The van der Waals surface area contributed by atoms with Crippen LogP contribution in [0.2, 0.25) is 5.28 Å². The molecule has 2 aromatic heterocycles. The number of hydrogen-bond donors (Lipinski definition) is 2. The maximum absolute atomic E-state index is 13.2. The van der Waals surface area contributed by atoms with E-state index in [4.69, 9.17) is 39.6 Å². The number of fused-ring (bicyclic) bond motifs is 2. The molecule has 2 saturated heterocycles. The van der Waals surface area contributed by atoms with E-state index in [9.17, 15) is 19.6 Å². The van der Waals surface area contributed by atoms with Gasteiger partial charge in [0.1, 0.15) is 18.3 Å². The number of carbonyl (C=O) groups is 1. The van der Waals surface area contributed by atoms with Crippen molar-refractivity contribution < 1.29 is 47.6 Å². The third kappa shape index (κ3) is 6.04. The third-order valence-electron chi connectivity index (χ3n) is 7.48. The minimum absolute atomic E-state index is 0.105. The fourth-order valence-electron chi connectivity index (χ4n) is 5.84. The first-order valence-corrected chi connectivity index (χ1v) is 16.1. The largest absolute Gasteiger partial charge is 0.465 e. The van der Waals surface area contributed by atoms with E-state index in [0.29, 0.717) is 5.39 Å². The summed E-state index contributed by atoms with van der Waals surface area (Å²) in [6.07, 6.45) is 0.721. The van der Waals surface area contributed by atoms with Gasteiger partial charge in [0.05, 0.1) is 38.0 Å². The van der Waals surface area contributed by atoms with Crippen LogP contribution in [-0.4, -0.2) is 98.5 Å². The Hall–Kier alpha value is -1.94. The Balaban J connectivity index is 1.45. The van der Waals surface area contributed by atoms with Gasteiger partial charge < -0.3 is 38.2 Å². The van der Waals surface area contributed by atoms with Crippen LogP contribution in [0.4, 0.5) is 10.6 Å². The average Bonchev–Trinajstić information content (AvgIpc) is 3.69. The Labute approximate surface area is 247 Å². The van der Waals surface area contributed by atoms with Crippen LogP contribution in [0, 0.1) is 0 Å². The highest BCUT2D eigenvalue weighted by molar-refractivity contribution is 7.54. The highest BCUT2D eigenvalue weighted by atomic mass is 35.5. The maximum Gasteiger partial charge on any atom is 0.413 e. The Kier molecular flexibility index (Phi) is 9.43. The predicted molar refractivity (Wildman–Crippen MR) is 149 cm³/mol. The van der Waals surface area contributed by atoms with Gasteiger partial charge in [-0.05, 0) is 52.1 Å². The topological polar surface area (TPSA) is 177 Å². The van der Waals surface area contributed by atoms with Gasteiger partial charge in [-0.15, -0.1) is 0 Å². The summed E-state index contributed by atoms with van der Waals surface area (Å²) in [5.74, 6) is -2.06. The van der Waals surface area contributed by atoms with Crippen molar-refractivity contribution in [1.29, 1.82) is 0 Å². The lowest BCUT2D eigenvalue weighted by Gasteiger charge is -2.28. The molecule has 5 rings (SSSR count). The molecule has 4 heterocycles. The van der Waals surface area contributed by atoms with Gasteiger partial charge in [0.15, 0.2) is 29.3 Å². The molecular formula is C25H37ClN5O10P. The fourth-order valence-corrected chi connectivity index (χ4v) is 7.60. The Morgan fingerprint density at radius 1 is 1.21 bits per heavy atom. The Morgan fingerprint density at radius 2 is 1.88 bits per heavy atom. The first-order chi connectivity index (χ1) is 20.0. The molecule has 1 aliphatic carbocycles. The number of aliphatic hydroxyl groups excluding tert-OH is 1. The number of aliphatic hydroxyl groups is 1. The van der Waals surface area contributed by atoms with E-state index in [1.807, 2.05) is 0 Å². The van der Waals surface area contributed by atoms with Crippen molar-refractivity contribution >= 4 is 42.1 Å². The molecular weight excluding hydrogens is 597 g/mol. The van der Waals surface area contributed by atoms with Crippen molar-refractivity contribution in [3.05, 3.63) is 11.5 Å². The lowest BCUT2D eigenvalue weighted by Crippen LogP contribution is -2.38. The lowest BCUT2D eigenvalue weighted by atomic mass is 10.1. The number of nitrogens with zero attached hydrogens (tertiary/aromatic N) is 5. The molecule has 2 aromatic rings. The van der Waals surface area contributed by atoms with Crippen LogP contribution in [0.25, 0.3) is 11.0 Å². The van der Waals surface area contributed by atoms with Gasteiger partial charge in [0.25, 0.3) is 0 Å². The molecule has 0 radical (unpaired) electrons. The quantitative estimate of drug-likeness (QED) is 0.254. The van der Waals surface area contributed by atoms with Gasteiger partial charge in [-0.25, -0.2) is 9.48 Å². The minimum atomic E-state index is -3.78. The molecule has 1 amide bonds. The molecule has 3 fully saturated rings. The Morgan fingerprint density at radius 3 is 2.50 bits per heavy atom. The number of carboxylic acid groups (broad SMARTS) is 1. The van der Waals surface area contributed by atoms with E-state index in [-0.39, 0.29) is 42.6 Å². The van der Waals surface area contributed by atoms with Gasteiger partial charge in [-0.1, -0.05) is 12.8 Å². The van der Waals surface area contributed by atoms with E-state index < -0.39 is 56.5 Å². The summed E-state index contributed by atoms with van der Waals surface area (Å²) in [7, 11) is -3.78. The number of halogens is 1. The lowest BCUT2D eigenvalue weighted by molar-refractivity contribution is -0.204. The summed E-state index contributed by atoms with van der Waals surface area (Å²) in [5, 5.41) is 24.8. The van der Waals surface area contributed by atoms with Crippen LogP contribution in [0.3, 0.4) is 0 Å². The van der Waals surface area contributed by atoms with Crippen molar-refractivity contribution in [2.75, 3.05) is 31.3 Å². The van der Waals surface area contributed by atoms with E-state index in [0.717, 1.165) is 25.7 Å². The number of aromatic nitrogens is 4. The van der Waals surface area contributed by atoms with E-state index in [1.165, 1.54) is 15.8 Å². The van der Waals surface area contributed by atoms with E-state index in [1.54, 1.807) is 27.7 Å². The molecule has 1 unspecified atom stereocenters. The zero-order valence-corrected chi connectivity index (χ0v) is 25.6. The van der Waals surface area contributed by atoms with Crippen LogP contribution >= 0.6 is 19.2 Å². The highest BCUT2D eigenvalue weighted by Gasteiger charge is 2.57. The van der Waals surface area contributed by atoms with Crippen LogP contribution in [0.5, 0.6) is 0 Å². The third-order valence-corrected chi connectivity index (χ3v) is 9.90. The second-order valence-corrected chi connectivity index (χ2v) is 13.2. The van der Waals surface area contributed by atoms with Crippen molar-refractivity contribution in [2.24, 2.45) is 0 Å². The average molecular weight is 634 g/mol. The van der Waals surface area contributed by atoms with Crippen LogP contribution in [0.1, 0.15) is 59.6 Å². The van der Waals surface area contributed by atoms with Crippen molar-refractivity contribution in [1.82, 2.24) is 19.7 Å².